The van der Waals surface area contributed by atoms with Crippen LogP contribution in [0.15, 0.2) is 0 Å². The molecule has 0 spiro atoms. The monoisotopic (exact) mass is 265 g/mol. The van der Waals surface area contributed by atoms with E-state index in [-0.39, 0.29) is 25.1 Å². The van der Waals surface area contributed by atoms with Gasteiger partial charge in [-0.2, -0.15) is 0 Å². The van der Waals surface area contributed by atoms with Gasteiger partial charge < -0.3 is 10.2 Å². The van der Waals surface area contributed by atoms with Crippen molar-refractivity contribution in [3.63, 3.8) is 0 Å². The number of nitrogens with one attached hydrogen (secondary N) is 1. The summed E-state index contributed by atoms with van der Waals surface area (Å²) in [7, 11) is -3.48. The van der Waals surface area contributed by atoms with E-state index in [1.165, 1.54) is 0 Å². The second-order valence-electron chi connectivity index (χ2n) is 4.57. The molecule has 1 aliphatic carbocycles. The minimum Gasteiger partial charge on any atom is -0.481 e. The molecule has 7 heteroatoms. The predicted molar refractivity (Wildman–Crippen MR) is 62.1 cm³/mol. The predicted octanol–water partition coefficient (Wildman–Crippen LogP) is 0.0757. The van der Waals surface area contributed by atoms with Crippen LogP contribution in [-0.2, 0) is 14.8 Å². The van der Waals surface area contributed by atoms with E-state index in [0.717, 1.165) is 12.8 Å². The molecule has 0 heterocycles. The average molecular weight is 265 g/mol. The molecule has 0 unspecified atom stereocenters. The quantitative estimate of drug-likeness (QED) is 0.604. The number of hydrogen-bond acceptors (Lipinski definition) is 4. The zero-order chi connectivity index (χ0) is 12.9. The van der Waals surface area contributed by atoms with Gasteiger partial charge in [0.15, 0.2) is 0 Å². The van der Waals surface area contributed by atoms with Crippen LogP contribution in [0.1, 0.15) is 38.5 Å². The standard InChI is InChI=1S/C10H19NO5S/c12-9(13)4-3-7-17(15,16)11-8-10(14)5-1-2-6-10/h11,14H,1-8H2,(H,12,13). The fourth-order valence-corrected chi connectivity index (χ4v) is 3.10. The molecular weight excluding hydrogens is 246 g/mol. The highest BCUT2D eigenvalue weighted by Crippen LogP contribution is 2.28. The van der Waals surface area contributed by atoms with E-state index in [9.17, 15) is 18.3 Å². The Balaban J connectivity index is 2.31. The first kappa shape index (κ1) is 14.4. The maximum atomic E-state index is 11.5. The van der Waals surface area contributed by atoms with Crippen LogP contribution in [0.4, 0.5) is 0 Å². The van der Waals surface area contributed by atoms with Crippen molar-refractivity contribution in [3.05, 3.63) is 0 Å². The topological polar surface area (TPSA) is 104 Å². The average Bonchev–Trinajstić information content (AvgIpc) is 2.63. The number of rotatable bonds is 7. The van der Waals surface area contributed by atoms with Gasteiger partial charge in [-0.3, -0.25) is 4.79 Å². The van der Waals surface area contributed by atoms with Crippen molar-refractivity contribution < 1.29 is 23.4 Å². The highest BCUT2D eigenvalue weighted by Gasteiger charge is 2.32. The molecule has 1 aliphatic rings. The molecule has 0 aliphatic heterocycles. The van der Waals surface area contributed by atoms with Crippen molar-refractivity contribution >= 4 is 16.0 Å². The van der Waals surface area contributed by atoms with Crippen molar-refractivity contribution in [3.8, 4) is 0 Å². The Morgan fingerprint density at radius 2 is 1.88 bits per heavy atom. The van der Waals surface area contributed by atoms with Crippen LogP contribution in [0.25, 0.3) is 0 Å². The molecule has 100 valence electrons. The Labute approximate surface area is 101 Å². The Bertz CT molecular complexity index is 359. The molecule has 1 rings (SSSR count). The summed E-state index contributed by atoms with van der Waals surface area (Å²) in [6.45, 7) is 0.0302. The van der Waals surface area contributed by atoms with Gasteiger partial charge in [-0.1, -0.05) is 12.8 Å². The van der Waals surface area contributed by atoms with Crippen LogP contribution in [-0.4, -0.2) is 42.5 Å². The van der Waals surface area contributed by atoms with Gasteiger partial charge in [-0.15, -0.1) is 0 Å². The first-order valence-corrected chi connectivity index (χ1v) is 7.40. The van der Waals surface area contributed by atoms with Crippen LogP contribution in [0, 0.1) is 0 Å². The van der Waals surface area contributed by atoms with Gasteiger partial charge in [0.2, 0.25) is 10.0 Å². The summed E-state index contributed by atoms with van der Waals surface area (Å²) >= 11 is 0. The first-order chi connectivity index (χ1) is 7.83. The minimum atomic E-state index is -3.48. The lowest BCUT2D eigenvalue weighted by Crippen LogP contribution is -2.41. The zero-order valence-electron chi connectivity index (χ0n) is 9.68. The number of aliphatic carboxylic acids is 1. The molecule has 3 N–H and O–H groups in total. The van der Waals surface area contributed by atoms with Gasteiger partial charge in [-0.05, 0) is 19.3 Å². The van der Waals surface area contributed by atoms with E-state index in [1.807, 2.05) is 0 Å². The smallest absolute Gasteiger partial charge is 0.303 e. The molecule has 0 aromatic rings. The third-order valence-electron chi connectivity index (χ3n) is 2.96. The number of carbonyl (C=O) groups is 1. The fourth-order valence-electron chi connectivity index (χ4n) is 1.94. The summed E-state index contributed by atoms with van der Waals surface area (Å²) < 4.78 is 25.3. The van der Waals surface area contributed by atoms with Crippen LogP contribution in [0.2, 0.25) is 0 Å². The highest BCUT2D eigenvalue weighted by molar-refractivity contribution is 7.89. The second kappa shape index (κ2) is 5.79. The van der Waals surface area contributed by atoms with Crippen LogP contribution in [0.5, 0.6) is 0 Å². The van der Waals surface area contributed by atoms with Crippen molar-refractivity contribution in [1.82, 2.24) is 4.72 Å². The van der Waals surface area contributed by atoms with Crippen molar-refractivity contribution in [2.24, 2.45) is 0 Å². The summed E-state index contributed by atoms with van der Waals surface area (Å²) in [5.74, 6) is -1.22. The number of aliphatic hydroxyl groups is 1. The van der Waals surface area contributed by atoms with Gasteiger partial charge in [0, 0.05) is 13.0 Å². The van der Waals surface area contributed by atoms with E-state index in [4.69, 9.17) is 5.11 Å². The van der Waals surface area contributed by atoms with Gasteiger partial charge in [-0.25, -0.2) is 13.1 Å². The van der Waals surface area contributed by atoms with Gasteiger partial charge in [0.25, 0.3) is 0 Å². The van der Waals surface area contributed by atoms with E-state index >= 15 is 0 Å². The summed E-state index contributed by atoms with van der Waals surface area (Å²) in [5, 5.41) is 18.3. The highest BCUT2D eigenvalue weighted by atomic mass is 32.2. The van der Waals surface area contributed by atoms with E-state index in [2.05, 4.69) is 4.72 Å². The zero-order valence-corrected chi connectivity index (χ0v) is 10.5. The lowest BCUT2D eigenvalue weighted by atomic mass is 10.0. The summed E-state index contributed by atoms with van der Waals surface area (Å²) in [6, 6.07) is 0. The molecule has 0 aromatic carbocycles. The van der Waals surface area contributed by atoms with Crippen LogP contribution in [0.3, 0.4) is 0 Å². The molecule has 0 radical (unpaired) electrons. The largest absolute Gasteiger partial charge is 0.481 e. The molecule has 0 atom stereocenters. The van der Waals surface area contributed by atoms with Crippen LogP contribution < -0.4 is 4.72 Å². The molecular formula is C10H19NO5S. The van der Waals surface area contributed by atoms with E-state index in [1.54, 1.807) is 0 Å². The van der Waals surface area contributed by atoms with Crippen LogP contribution >= 0.6 is 0 Å². The molecule has 1 fully saturated rings. The molecule has 17 heavy (non-hydrogen) atoms. The molecule has 0 saturated heterocycles. The molecule has 1 saturated carbocycles. The third kappa shape index (κ3) is 5.47. The Kier molecular flexibility index (Phi) is 4.91. The molecule has 0 amide bonds. The normalized spacial score (nSPS) is 19.4. The van der Waals surface area contributed by atoms with Gasteiger partial charge >= 0.3 is 5.97 Å². The number of carboxylic acids is 1. The van der Waals surface area contributed by atoms with Crippen molar-refractivity contribution in [1.29, 1.82) is 0 Å². The Hall–Kier alpha value is -0.660. The summed E-state index contributed by atoms with van der Waals surface area (Å²) in [4.78, 5) is 10.2. The molecule has 0 aromatic heterocycles. The Morgan fingerprint density at radius 3 is 2.41 bits per heavy atom. The van der Waals surface area contributed by atoms with Crippen molar-refractivity contribution in [2.75, 3.05) is 12.3 Å². The Morgan fingerprint density at radius 1 is 1.29 bits per heavy atom. The number of sulfonamides is 1. The summed E-state index contributed by atoms with van der Waals surface area (Å²) in [5.41, 5.74) is -0.917. The lowest BCUT2D eigenvalue weighted by molar-refractivity contribution is -0.137. The number of carboxylic acid groups (broad SMARTS) is 1. The van der Waals surface area contributed by atoms with Crippen molar-refractivity contribution in [2.45, 2.75) is 44.1 Å². The lowest BCUT2D eigenvalue weighted by Gasteiger charge is -2.22. The molecule has 6 nitrogen and oxygen atoms in total. The fraction of sp³-hybridized carbons (Fsp3) is 0.900. The van der Waals surface area contributed by atoms with E-state index in [0.29, 0.717) is 12.8 Å². The van der Waals surface area contributed by atoms with Gasteiger partial charge in [0.05, 0.1) is 11.4 Å². The summed E-state index contributed by atoms with van der Waals surface area (Å²) in [6.07, 6.45) is 2.98. The van der Waals surface area contributed by atoms with E-state index < -0.39 is 21.6 Å². The maximum Gasteiger partial charge on any atom is 0.303 e. The molecule has 0 bridgehead atoms. The van der Waals surface area contributed by atoms with Gasteiger partial charge in [0.1, 0.15) is 0 Å². The second-order valence-corrected chi connectivity index (χ2v) is 6.50. The number of hydrogen-bond donors (Lipinski definition) is 3. The first-order valence-electron chi connectivity index (χ1n) is 5.75. The maximum absolute atomic E-state index is 11.5. The minimum absolute atomic E-state index is 0.0302. The SMILES string of the molecule is O=C(O)CCCS(=O)(=O)NCC1(O)CCCC1. The third-order valence-corrected chi connectivity index (χ3v) is 4.37.